The van der Waals surface area contributed by atoms with Gasteiger partial charge >= 0.3 is 0 Å². The molecule has 3 rings (SSSR count). The minimum atomic E-state index is -0.0655. The van der Waals surface area contributed by atoms with Crippen LogP contribution in [0.1, 0.15) is 25.0 Å². The first-order valence-electron chi connectivity index (χ1n) is 6.73. The van der Waals surface area contributed by atoms with Gasteiger partial charge in [-0.3, -0.25) is 4.99 Å². The number of rotatable bonds is 2. The topological polar surface area (TPSA) is 32.6 Å². The zero-order chi connectivity index (χ0) is 14.2. The van der Waals surface area contributed by atoms with Crippen LogP contribution in [0.2, 0.25) is 0 Å². The molecule has 2 aromatic carbocycles. The lowest BCUT2D eigenvalue weighted by molar-refractivity contribution is 0.475. The van der Waals surface area contributed by atoms with Crippen LogP contribution in [-0.2, 0) is 5.41 Å². The van der Waals surface area contributed by atoms with E-state index in [0.29, 0.717) is 0 Å². The molecule has 0 saturated carbocycles. The SMILES string of the molecule is CC1(C)C(/C=C\c2ccc(O)cc2)=Nc2ccccc21. The number of hydrogen-bond donors (Lipinski definition) is 1. The van der Waals surface area contributed by atoms with Crippen LogP contribution in [0, 0.1) is 0 Å². The molecule has 1 heterocycles. The smallest absolute Gasteiger partial charge is 0.115 e. The molecule has 2 nitrogen and oxygen atoms in total. The Morgan fingerprint density at radius 3 is 2.35 bits per heavy atom. The third-order valence-electron chi connectivity index (χ3n) is 3.79. The van der Waals surface area contributed by atoms with Gasteiger partial charge in [-0.2, -0.15) is 0 Å². The van der Waals surface area contributed by atoms with Gasteiger partial charge in [-0.05, 0) is 35.4 Å². The molecule has 2 heteroatoms. The van der Waals surface area contributed by atoms with E-state index in [-0.39, 0.29) is 11.2 Å². The minimum Gasteiger partial charge on any atom is -0.508 e. The number of benzene rings is 2. The van der Waals surface area contributed by atoms with Crippen LogP contribution in [-0.4, -0.2) is 10.8 Å². The lowest BCUT2D eigenvalue weighted by Gasteiger charge is -2.20. The lowest BCUT2D eigenvalue weighted by atomic mass is 9.81. The predicted molar refractivity (Wildman–Crippen MR) is 83.7 cm³/mol. The molecule has 0 spiro atoms. The van der Waals surface area contributed by atoms with Gasteiger partial charge in [0.25, 0.3) is 0 Å². The van der Waals surface area contributed by atoms with E-state index < -0.39 is 0 Å². The van der Waals surface area contributed by atoms with E-state index in [1.807, 2.05) is 24.3 Å². The van der Waals surface area contributed by atoms with Gasteiger partial charge in [0.15, 0.2) is 0 Å². The fourth-order valence-corrected chi connectivity index (χ4v) is 2.51. The molecule has 0 radical (unpaired) electrons. The van der Waals surface area contributed by atoms with Crippen molar-refractivity contribution in [2.24, 2.45) is 4.99 Å². The molecular weight excluding hydrogens is 246 g/mol. The second-order valence-corrected chi connectivity index (χ2v) is 5.56. The number of phenols is 1. The van der Waals surface area contributed by atoms with Gasteiger partial charge in [0.1, 0.15) is 5.75 Å². The lowest BCUT2D eigenvalue weighted by Crippen LogP contribution is -2.23. The van der Waals surface area contributed by atoms with E-state index >= 15 is 0 Å². The monoisotopic (exact) mass is 263 g/mol. The Hall–Kier alpha value is -2.35. The summed E-state index contributed by atoms with van der Waals surface area (Å²) in [6.07, 6.45) is 4.10. The Labute approximate surface area is 119 Å². The minimum absolute atomic E-state index is 0.0655. The summed E-state index contributed by atoms with van der Waals surface area (Å²) in [5.41, 5.74) is 4.38. The molecule has 2 aromatic rings. The molecule has 1 aliphatic rings. The van der Waals surface area contributed by atoms with E-state index in [2.05, 4.69) is 38.1 Å². The van der Waals surface area contributed by atoms with Crippen molar-refractivity contribution in [2.45, 2.75) is 19.3 Å². The molecule has 0 fully saturated rings. The molecule has 1 N–H and O–H groups in total. The Morgan fingerprint density at radius 2 is 1.65 bits per heavy atom. The molecule has 0 aliphatic carbocycles. The van der Waals surface area contributed by atoms with Gasteiger partial charge in [-0.15, -0.1) is 0 Å². The molecular formula is C18H17NO. The first-order valence-corrected chi connectivity index (χ1v) is 6.73. The molecule has 20 heavy (non-hydrogen) atoms. The van der Waals surface area contributed by atoms with Gasteiger partial charge in [-0.25, -0.2) is 0 Å². The number of aliphatic imine (C=N–C) groups is 1. The highest BCUT2D eigenvalue weighted by atomic mass is 16.3. The van der Waals surface area contributed by atoms with Crippen molar-refractivity contribution in [3.8, 4) is 5.75 Å². The zero-order valence-electron chi connectivity index (χ0n) is 11.7. The third kappa shape index (κ3) is 2.14. The summed E-state index contributed by atoms with van der Waals surface area (Å²) < 4.78 is 0. The molecule has 0 bridgehead atoms. The van der Waals surface area contributed by atoms with Gasteiger partial charge in [0.05, 0.1) is 11.4 Å². The largest absolute Gasteiger partial charge is 0.508 e. The molecule has 1 aliphatic heterocycles. The number of nitrogens with zero attached hydrogens (tertiary/aromatic N) is 1. The summed E-state index contributed by atoms with van der Waals surface area (Å²) >= 11 is 0. The maximum absolute atomic E-state index is 9.29. The summed E-state index contributed by atoms with van der Waals surface area (Å²) in [4.78, 5) is 4.72. The van der Waals surface area contributed by atoms with Crippen LogP contribution >= 0.6 is 0 Å². The van der Waals surface area contributed by atoms with Crippen LogP contribution in [0.15, 0.2) is 59.6 Å². The average Bonchev–Trinajstić information content (AvgIpc) is 2.70. The Morgan fingerprint density at radius 1 is 0.950 bits per heavy atom. The van der Waals surface area contributed by atoms with Gasteiger partial charge in [0.2, 0.25) is 0 Å². The predicted octanol–water partition coefficient (Wildman–Crippen LogP) is 4.47. The van der Waals surface area contributed by atoms with Crippen LogP contribution in [0.4, 0.5) is 5.69 Å². The van der Waals surface area contributed by atoms with Crippen molar-refractivity contribution in [3.63, 3.8) is 0 Å². The van der Waals surface area contributed by atoms with E-state index in [0.717, 1.165) is 17.0 Å². The van der Waals surface area contributed by atoms with Crippen LogP contribution in [0.25, 0.3) is 6.08 Å². The van der Waals surface area contributed by atoms with Crippen LogP contribution in [0.3, 0.4) is 0 Å². The highest BCUT2D eigenvalue weighted by molar-refractivity contribution is 6.10. The average molecular weight is 263 g/mol. The Kier molecular flexibility index (Phi) is 2.94. The van der Waals surface area contributed by atoms with Crippen molar-refractivity contribution in [2.75, 3.05) is 0 Å². The number of allylic oxidation sites excluding steroid dienone is 1. The van der Waals surface area contributed by atoms with Crippen molar-refractivity contribution in [1.82, 2.24) is 0 Å². The normalized spacial score (nSPS) is 16.2. The van der Waals surface area contributed by atoms with E-state index in [4.69, 9.17) is 4.99 Å². The third-order valence-corrected chi connectivity index (χ3v) is 3.79. The highest BCUT2D eigenvalue weighted by Gasteiger charge is 2.32. The van der Waals surface area contributed by atoms with Crippen molar-refractivity contribution >= 4 is 17.5 Å². The summed E-state index contributed by atoms with van der Waals surface area (Å²) in [6.45, 7) is 4.39. The van der Waals surface area contributed by atoms with Gasteiger partial charge in [0, 0.05) is 5.41 Å². The Bertz CT molecular complexity index is 694. The zero-order valence-corrected chi connectivity index (χ0v) is 11.7. The summed E-state index contributed by atoms with van der Waals surface area (Å²) in [7, 11) is 0. The van der Waals surface area contributed by atoms with Crippen molar-refractivity contribution < 1.29 is 5.11 Å². The molecule has 0 saturated heterocycles. The molecule has 0 atom stereocenters. The standard InChI is InChI=1S/C18H17NO/c1-18(2)15-5-3-4-6-16(15)19-17(18)12-9-13-7-10-14(20)11-8-13/h3-12,20H,1-2H3/b12-9-. The number of hydrogen-bond acceptors (Lipinski definition) is 2. The maximum Gasteiger partial charge on any atom is 0.115 e. The number of para-hydroxylation sites is 1. The van der Waals surface area contributed by atoms with E-state index in [1.165, 1.54) is 5.56 Å². The molecule has 0 amide bonds. The number of phenolic OH excluding ortho intramolecular Hbond substituents is 1. The quantitative estimate of drug-likeness (QED) is 0.852. The summed E-state index contributed by atoms with van der Waals surface area (Å²) in [5.74, 6) is 0.285. The second-order valence-electron chi connectivity index (χ2n) is 5.56. The van der Waals surface area contributed by atoms with Gasteiger partial charge < -0.3 is 5.11 Å². The van der Waals surface area contributed by atoms with Gasteiger partial charge in [-0.1, -0.05) is 50.3 Å². The summed E-state index contributed by atoms with van der Waals surface area (Å²) in [5, 5.41) is 9.29. The van der Waals surface area contributed by atoms with Crippen LogP contribution < -0.4 is 0 Å². The molecule has 0 aromatic heterocycles. The van der Waals surface area contributed by atoms with E-state index in [1.54, 1.807) is 12.1 Å². The molecule has 100 valence electrons. The fraction of sp³-hybridized carbons (Fsp3) is 0.167. The summed E-state index contributed by atoms with van der Waals surface area (Å²) in [6, 6.07) is 15.4. The maximum atomic E-state index is 9.29. The highest BCUT2D eigenvalue weighted by Crippen LogP contribution is 2.40. The first-order chi connectivity index (χ1) is 9.57. The van der Waals surface area contributed by atoms with Crippen LogP contribution in [0.5, 0.6) is 5.75 Å². The second kappa shape index (κ2) is 4.64. The number of fused-ring (bicyclic) bond motifs is 1. The number of aromatic hydroxyl groups is 1. The first kappa shape index (κ1) is 12.7. The Balaban J connectivity index is 1.91. The van der Waals surface area contributed by atoms with Crippen molar-refractivity contribution in [1.29, 1.82) is 0 Å². The fourth-order valence-electron chi connectivity index (χ4n) is 2.51. The van der Waals surface area contributed by atoms with E-state index in [9.17, 15) is 5.11 Å². The molecule has 0 unspecified atom stereocenters. The van der Waals surface area contributed by atoms with Crippen molar-refractivity contribution in [3.05, 3.63) is 65.7 Å².